The third-order valence-corrected chi connectivity index (χ3v) is 8.37. The topological polar surface area (TPSA) is 60.9 Å². The third kappa shape index (κ3) is 6.16. The first-order valence-electron chi connectivity index (χ1n) is 11.3. The van der Waals surface area contributed by atoms with E-state index in [-0.39, 0.29) is 28.1 Å². The van der Waals surface area contributed by atoms with Crippen LogP contribution in [0.25, 0.3) is 0 Å². The van der Waals surface area contributed by atoms with Gasteiger partial charge in [-0.15, -0.1) is 0 Å². The summed E-state index contributed by atoms with van der Waals surface area (Å²) in [5.74, 6) is -0.281. The van der Waals surface area contributed by atoms with Gasteiger partial charge in [-0.1, -0.05) is 71.2 Å². The Hall–Kier alpha value is -2.58. The number of aryl methyl sites for hydroxylation is 1. The van der Waals surface area contributed by atoms with Crippen molar-refractivity contribution in [2.24, 2.45) is 0 Å². The van der Waals surface area contributed by atoms with Gasteiger partial charge in [-0.05, 0) is 42.8 Å². The summed E-state index contributed by atoms with van der Waals surface area (Å²) in [5.41, 5.74) is 2.33. The Morgan fingerprint density at radius 3 is 2.23 bits per heavy atom. The fraction of sp³-hybridized carbons (Fsp3) is 0.269. The van der Waals surface area contributed by atoms with Crippen molar-refractivity contribution in [1.82, 2.24) is 9.80 Å². The van der Waals surface area contributed by atoms with Crippen LogP contribution in [0.5, 0.6) is 0 Å². The number of sulfonamides is 1. The highest BCUT2D eigenvalue weighted by molar-refractivity contribution is 7.92. The van der Waals surface area contributed by atoms with Gasteiger partial charge >= 0.3 is 0 Å². The van der Waals surface area contributed by atoms with Gasteiger partial charge in [-0.2, -0.15) is 0 Å². The maximum Gasteiger partial charge on any atom is 0.264 e. The van der Waals surface area contributed by atoms with Crippen LogP contribution in [0.2, 0.25) is 10.0 Å². The number of nitrogens with zero attached hydrogens (tertiary/aromatic N) is 3. The molecule has 6 nitrogen and oxygen atoms in total. The lowest BCUT2D eigenvalue weighted by Crippen LogP contribution is -2.51. The van der Waals surface area contributed by atoms with Crippen molar-refractivity contribution in [3.8, 4) is 0 Å². The molecule has 35 heavy (non-hydrogen) atoms. The summed E-state index contributed by atoms with van der Waals surface area (Å²) in [6.07, 6.45) is 0. The predicted octanol–water partition coefficient (Wildman–Crippen LogP) is 4.84. The van der Waals surface area contributed by atoms with E-state index in [4.69, 9.17) is 23.2 Å². The van der Waals surface area contributed by atoms with E-state index in [9.17, 15) is 13.2 Å². The molecule has 3 aromatic rings. The average molecular weight is 532 g/mol. The van der Waals surface area contributed by atoms with Gasteiger partial charge in [0, 0.05) is 37.7 Å². The van der Waals surface area contributed by atoms with Crippen molar-refractivity contribution in [3.05, 3.63) is 94.0 Å². The lowest BCUT2D eigenvalue weighted by Gasteiger charge is -2.36. The van der Waals surface area contributed by atoms with Crippen LogP contribution in [-0.4, -0.2) is 56.8 Å². The lowest BCUT2D eigenvalue weighted by atomic mass is 10.2. The number of hydrogen-bond acceptors (Lipinski definition) is 4. The Morgan fingerprint density at radius 1 is 0.914 bits per heavy atom. The molecule has 0 atom stereocenters. The van der Waals surface area contributed by atoms with Gasteiger partial charge in [-0.3, -0.25) is 14.0 Å². The molecule has 1 fully saturated rings. The summed E-state index contributed by atoms with van der Waals surface area (Å²) in [6.45, 7) is 4.79. The summed E-state index contributed by atoms with van der Waals surface area (Å²) in [5, 5.41) is 0.529. The zero-order valence-corrected chi connectivity index (χ0v) is 21.7. The molecule has 0 spiro atoms. The highest BCUT2D eigenvalue weighted by Gasteiger charge is 2.31. The Labute approximate surface area is 216 Å². The highest BCUT2D eigenvalue weighted by Crippen LogP contribution is 2.33. The lowest BCUT2D eigenvalue weighted by molar-refractivity contribution is -0.131. The number of benzene rings is 3. The van der Waals surface area contributed by atoms with Crippen LogP contribution in [0.3, 0.4) is 0 Å². The van der Waals surface area contributed by atoms with Crippen LogP contribution in [0.1, 0.15) is 11.1 Å². The predicted molar refractivity (Wildman–Crippen MR) is 140 cm³/mol. The van der Waals surface area contributed by atoms with Crippen LogP contribution >= 0.6 is 23.2 Å². The SMILES string of the molecule is Cc1ccc(S(=O)(=O)N(CC(=O)N2CCN(Cc3ccccc3)CC2)c2cc(Cl)ccc2Cl)cc1. The first-order chi connectivity index (χ1) is 16.7. The third-order valence-electron chi connectivity index (χ3n) is 6.04. The van der Waals surface area contributed by atoms with E-state index in [1.807, 2.05) is 25.1 Å². The van der Waals surface area contributed by atoms with Crippen LogP contribution in [0, 0.1) is 6.92 Å². The summed E-state index contributed by atoms with van der Waals surface area (Å²) in [7, 11) is -4.06. The summed E-state index contributed by atoms with van der Waals surface area (Å²) < 4.78 is 28.3. The molecule has 0 aromatic heterocycles. The molecular weight excluding hydrogens is 505 g/mol. The van der Waals surface area contributed by atoms with E-state index in [1.54, 1.807) is 23.1 Å². The van der Waals surface area contributed by atoms with E-state index < -0.39 is 10.0 Å². The van der Waals surface area contributed by atoms with E-state index in [0.29, 0.717) is 31.2 Å². The largest absolute Gasteiger partial charge is 0.339 e. The zero-order chi connectivity index (χ0) is 25.0. The maximum absolute atomic E-state index is 13.6. The molecule has 1 aliphatic heterocycles. The zero-order valence-electron chi connectivity index (χ0n) is 19.4. The number of halogens is 2. The Kier molecular flexibility index (Phi) is 8.02. The number of hydrogen-bond donors (Lipinski definition) is 0. The van der Waals surface area contributed by atoms with Gasteiger partial charge in [0.05, 0.1) is 15.6 Å². The molecule has 0 bridgehead atoms. The Bertz CT molecular complexity index is 1280. The van der Waals surface area contributed by atoms with E-state index in [0.717, 1.165) is 16.4 Å². The van der Waals surface area contributed by atoms with Gasteiger partial charge in [-0.25, -0.2) is 8.42 Å². The van der Waals surface area contributed by atoms with Crippen molar-refractivity contribution in [1.29, 1.82) is 0 Å². The van der Waals surface area contributed by atoms with Crippen LogP contribution in [-0.2, 0) is 21.4 Å². The van der Waals surface area contributed by atoms with Crippen molar-refractivity contribution < 1.29 is 13.2 Å². The minimum absolute atomic E-state index is 0.0830. The number of amides is 1. The minimum atomic E-state index is -4.06. The highest BCUT2D eigenvalue weighted by atomic mass is 35.5. The normalized spacial score (nSPS) is 14.7. The molecular formula is C26H27Cl2N3O3S. The molecule has 3 aromatic carbocycles. The van der Waals surface area contributed by atoms with E-state index in [1.165, 1.54) is 29.8 Å². The molecule has 0 saturated carbocycles. The fourth-order valence-corrected chi connectivity index (χ4v) is 5.89. The van der Waals surface area contributed by atoms with Crippen molar-refractivity contribution in [2.45, 2.75) is 18.4 Å². The summed E-state index contributed by atoms with van der Waals surface area (Å²) in [4.78, 5) is 17.4. The number of anilines is 1. The first-order valence-corrected chi connectivity index (χ1v) is 13.5. The average Bonchev–Trinajstić information content (AvgIpc) is 2.85. The van der Waals surface area contributed by atoms with Gasteiger partial charge in [0.1, 0.15) is 6.54 Å². The number of piperazine rings is 1. The van der Waals surface area contributed by atoms with E-state index in [2.05, 4.69) is 17.0 Å². The number of rotatable bonds is 7. The van der Waals surface area contributed by atoms with Crippen molar-refractivity contribution in [3.63, 3.8) is 0 Å². The second kappa shape index (κ2) is 11.0. The second-order valence-electron chi connectivity index (χ2n) is 8.56. The maximum atomic E-state index is 13.6. The second-order valence-corrected chi connectivity index (χ2v) is 11.3. The standard InChI is InChI=1S/C26H27Cl2N3O3S/c1-20-7-10-23(11-8-20)35(33,34)31(25-17-22(27)9-12-24(25)28)19-26(32)30-15-13-29(14-16-30)18-21-5-3-2-4-6-21/h2-12,17H,13-16,18-19H2,1H3. The molecule has 1 heterocycles. The molecule has 4 rings (SSSR count). The number of carbonyl (C=O) groups excluding carboxylic acids is 1. The minimum Gasteiger partial charge on any atom is -0.339 e. The molecule has 0 aliphatic carbocycles. The first kappa shape index (κ1) is 25.5. The van der Waals surface area contributed by atoms with Gasteiger partial charge in [0.2, 0.25) is 5.91 Å². The summed E-state index contributed by atoms with van der Waals surface area (Å²) >= 11 is 12.5. The molecule has 0 radical (unpaired) electrons. The van der Waals surface area contributed by atoms with Gasteiger partial charge in [0.25, 0.3) is 10.0 Å². The Balaban J connectivity index is 1.53. The Morgan fingerprint density at radius 2 is 1.57 bits per heavy atom. The summed E-state index contributed by atoms with van der Waals surface area (Å²) in [6, 6.07) is 21.3. The smallest absolute Gasteiger partial charge is 0.264 e. The fourth-order valence-electron chi connectivity index (χ4n) is 4.03. The molecule has 1 amide bonds. The van der Waals surface area contributed by atoms with Crippen molar-refractivity contribution in [2.75, 3.05) is 37.0 Å². The monoisotopic (exact) mass is 531 g/mol. The molecule has 1 saturated heterocycles. The molecule has 9 heteroatoms. The molecule has 184 valence electrons. The quantitative estimate of drug-likeness (QED) is 0.437. The molecule has 0 unspecified atom stereocenters. The van der Waals surface area contributed by atoms with Crippen molar-refractivity contribution >= 4 is 44.8 Å². The van der Waals surface area contributed by atoms with Gasteiger partial charge < -0.3 is 4.90 Å². The molecule has 1 aliphatic rings. The van der Waals surface area contributed by atoms with Crippen LogP contribution in [0.4, 0.5) is 5.69 Å². The van der Waals surface area contributed by atoms with Crippen LogP contribution in [0.15, 0.2) is 77.7 Å². The van der Waals surface area contributed by atoms with Crippen LogP contribution < -0.4 is 4.31 Å². The number of carbonyl (C=O) groups is 1. The van der Waals surface area contributed by atoms with E-state index >= 15 is 0 Å². The van der Waals surface area contributed by atoms with Gasteiger partial charge in [0.15, 0.2) is 0 Å². The molecule has 0 N–H and O–H groups in total.